The van der Waals surface area contributed by atoms with Crippen LogP contribution >= 0.6 is 0 Å². The molecule has 0 aliphatic carbocycles. The molecule has 1 amide bonds. The van der Waals surface area contributed by atoms with Gasteiger partial charge in [0.05, 0.1) is 5.41 Å². The number of carbonyl (C=O) groups excluding carboxylic acids is 1. The Labute approximate surface area is 203 Å². The summed E-state index contributed by atoms with van der Waals surface area (Å²) in [5.74, 6) is -1.06. The number of hydrogen-bond acceptors (Lipinski definition) is 6. The smallest absolute Gasteiger partial charge is 0.325 e. The summed E-state index contributed by atoms with van der Waals surface area (Å²) >= 11 is 0. The maximum absolute atomic E-state index is 12.8. The van der Waals surface area contributed by atoms with Gasteiger partial charge in [0.25, 0.3) is 5.91 Å². The number of ether oxygens (including phenoxy) is 3. The summed E-state index contributed by atoms with van der Waals surface area (Å²) in [6, 6.07) is 20.1. The molecule has 1 aliphatic rings. The van der Waals surface area contributed by atoms with Gasteiger partial charge in [-0.05, 0) is 42.7 Å². The molecule has 4 rings (SSSR count). The number of nitrogens with one attached hydrogen (secondary N) is 1. The predicted molar refractivity (Wildman–Crippen MR) is 127 cm³/mol. The Bertz CT molecular complexity index is 1220. The number of rotatable bonds is 9. The van der Waals surface area contributed by atoms with Crippen LogP contribution in [0.4, 0.5) is 0 Å². The molecule has 0 spiro atoms. The number of benzene rings is 2. The van der Waals surface area contributed by atoms with Gasteiger partial charge in [-0.3, -0.25) is 9.59 Å². The van der Waals surface area contributed by atoms with Crippen LogP contribution in [0.3, 0.4) is 0 Å². The number of pyridine rings is 1. The highest BCUT2D eigenvalue weighted by Gasteiger charge is 2.29. The first-order valence-corrected chi connectivity index (χ1v) is 11.1. The molecule has 2 N–H and O–H groups in total. The van der Waals surface area contributed by atoms with E-state index in [9.17, 15) is 14.7 Å². The lowest BCUT2D eigenvalue weighted by Gasteiger charge is -2.19. The molecule has 1 atom stereocenters. The molecular weight excluding hydrogens is 448 g/mol. The monoisotopic (exact) mass is 474 g/mol. The van der Waals surface area contributed by atoms with E-state index in [1.807, 2.05) is 30.3 Å². The molecule has 1 aliphatic heterocycles. The molecule has 3 aromatic rings. The fraction of sp³-hybridized carbons (Fsp3) is 0.222. The van der Waals surface area contributed by atoms with Crippen molar-refractivity contribution in [2.45, 2.75) is 38.5 Å². The molecular formula is C27H26N2O6. The zero-order chi connectivity index (χ0) is 24.8. The van der Waals surface area contributed by atoms with E-state index in [1.165, 1.54) is 12.5 Å². The minimum Gasteiger partial charge on any atom is -0.481 e. The zero-order valence-electron chi connectivity index (χ0n) is 19.4. The van der Waals surface area contributed by atoms with Crippen molar-refractivity contribution >= 4 is 11.9 Å². The third kappa shape index (κ3) is 5.78. The van der Waals surface area contributed by atoms with E-state index < -0.39 is 17.7 Å². The third-order valence-electron chi connectivity index (χ3n) is 5.69. The minimum atomic E-state index is -0.995. The van der Waals surface area contributed by atoms with Gasteiger partial charge in [-0.2, -0.15) is 0 Å². The van der Waals surface area contributed by atoms with E-state index in [0.29, 0.717) is 12.0 Å². The van der Waals surface area contributed by atoms with Crippen LogP contribution < -0.4 is 10.1 Å². The summed E-state index contributed by atoms with van der Waals surface area (Å²) in [6.07, 6.45) is 2.90. The van der Waals surface area contributed by atoms with E-state index in [2.05, 4.69) is 10.3 Å². The van der Waals surface area contributed by atoms with Crippen molar-refractivity contribution in [3.05, 3.63) is 107 Å². The first kappa shape index (κ1) is 23.8. The third-order valence-corrected chi connectivity index (χ3v) is 5.69. The van der Waals surface area contributed by atoms with E-state index in [-0.39, 0.29) is 29.8 Å². The van der Waals surface area contributed by atoms with Crippen LogP contribution in [-0.2, 0) is 32.6 Å². The van der Waals surface area contributed by atoms with Crippen LogP contribution in [0.1, 0.15) is 40.9 Å². The van der Waals surface area contributed by atoms with Crippen LogP contribution in [0.25, 0.3) is 0 Å². The molecule has 0 fully saturated rings. The maximum atomic E-state index is 12.8. The number of hydrogen-bond donors (Lipinski definition) is 2. The fourth-order valence-electron chi connectivity index (χ4n) is 3.44. The second-order valence-electron chi connectivity index (χ2n) is 8.58. The number of nitrogens with zero attached hydrogens (tertiary/aromatic N) is 1. The Kier molecular flexibility index (Phi) is 7.01. The predicted octanol–water partition coefficient (Wildman–Crippen LogP) is 4.17. The second-order valence-corrected chi connectivity index (χ2v) is 8.58. The lowest BCUT2D eigenvalue weighted by molar-refractivity contribution is -0.142. The van der Waals surface area contributed by atoms with Crippen molar-refractivity contribution in [3.63, 3.8) is 0 Å². The van der Waals surface area contributed by atoms with Crippen molar-refractivity contribution in [1.29, 1.82) is 0 Å². The molecule has 0 saturated carbocycles. The normalized spacial score (nSPS) is 14.9. The Balaban J connectivity index is 1.35. The summed E-state index contributed by atoms with van der Waals surface area (Å²) in [4.78, 5) is 28.4. The summed E-state index contributed by atoms with van der Waals surface area (Å²) in [5, 5.41) is 12.2. The van der Waals surface area contributed by atoms with E-state index >= 15 is 0 Å². The fourth-order valence-corrected chi connectivity index (χ4v) is 3.44. The highest BCUT2D eigenvalue weighted by Crippen LogP contribution is 2.25. The number of amides is 1. The van der Waals surface area contributed by atoms with E-state index in [4.69, 9.17) is 14.2 Å². The topological polar surface area (TPSA) is 107 Å². The number of aliphatic carboxylic acids is 1. The van der Waals surface area contributed by atoms with Crippen LogP contribution in [0.5, 0.6) is 5.88 Å². The average molecular weight is 475 g/mol. The molecule has 35 heavy (non-hydrogen) atoms. The zero-order valence-corrected chi connectivity index (χ0v) is 19.4. The number of aromatic nitrogens is 1. The Hall–Kier alpha value is -4.33. The Morgan fingerprint density at radius 3 is 2.49 bits per heavy atom. The summed E-state index contributed by atoms with van der Waals surface area (Å²) in [7, 11) is 0. The van der Waals surface area contributed by atoms with E-state index in [1.54, 1.807) is 50.2 Å². The van der Waals surface area contributed by atoms with Crippen molar-refractivity contribution in [2.24, 2.45) is 0 Å². The molecule has 8 nitrogen and oxygen atoms in total. The van der Waals surface area contributed by atoms with Gasteiger partial charge in [0, 0.05) is 19.2 Å². The first-order chi connectivity index (χ1) is 16.8. The van der Waals surface area contributed by atoms with Gasteiger partial charge in [0.1, 0.15) is 5.56 Å². The molecule has 8 heteroatoms. The summed E-state index contributed by atoms with van der Waals surface area (Å²) < 4.78 is 16.9. The SMILES string of the molecule is CC(C)(C(=O)O)c1ccc(CNC(=O)c2cccnc2OC2=COC(Cc3ccccc3)O2)cc1. The van der Waals surface area contributed by atoms with Gasteiger partial charge < -0.3 is 24.6 Å². The van der Waals surface area contributed by atoms with Gasteiger partial charge in [-0.15, -0.1) is 0 Å². The van der Waals surface area contributed by atoms with Crippen LogP contribution in [-0.4, -0.2) is 28.3 Å². The molecule has 2 heterocycles. The number of carboxylic acid groups (broad SMARTS) is 1. The molecule has 1 unspecified atom stereocenters. The summed E-state index contributed by atoms with van der Waals surface area (Å²) in [5.41, 5.74) is 1.82. The van der Waals surface area contributed by atoms with Crippen LogP contribution in [0.2, 0.25) is 0 Å². The van der Waals surface area contributed by atoms with Gasteiger partial charge in [-0.1, -0.05) is 54.6 Å². The quantitative estimate of drug-likeness (QED) is 0.479. The largest absolute Gasteiger partial charge is 0.481 e. The lowest BCUT2D eigenvalue weighted by Crippen LogP contribution is -2.28. The summed E-state index contributed by atoms with van der Waals surface area (Å²) in [6.45, 7) is 3.55. The van der Waals surface area contributed by atoms with Crippen molar-refractivity contribution in [1.82, 2.24) is 10.3 Å². The van der Waals surface area contributed by atoms with Gasteiger partial charge >= 0.3 is 11.9 Å². The molecule has 0 saturated heterocycles. The van der Waals surface area contributed by atoms with Crippen molar-refractivity contribution < 1.29 is 28.9 Å². The molecule has 1 aromatic heterocycles. The lowest BCUT2D eigenvalue weighted by atomic mass is 9.84. The Morgan fingerprint density at radius 2 is 1.77 bits per heavy atom. The average Bonchev–Trinajstić information content (AvgIpc) is 3.30. The van der Waals surface area contributed by atoms with Gasteiger partial charge in [-0.25, -0.2) is 4.98 Å². The molecule has 0 bridgehead atoms. The molecule has 180 valence electrons. The first-order valence-electron chi connectivity index (χ1n) is 11.1. The van der Waals surface area contributed by atoms with Gasteiger partial charge in [0.15, 0.2) is 6.26 Å². The van der Waals surface area contributed by atoms with E-state index in [0.717, 1.165) is 11.1 Å². The van der Waals surface area contributed by atoms with Crippen molar-refractivity contribution in [3.8, 4) is 5.88 Å². The molecule has 0 radical (unpaired) electrons. The van der Waals surface area contributed by atoms with Crippen molar-refractivity contribution in [2.75, 3.05) is 0 Å². The standard InChI is InChI=1S/C27H26N2O6/c1-27(2,26(31)32)20-12-10-19(11-13-20)16-29-24(30)21-9-6-14-28-25(21)35-23-17-33-22(34-23)15-18-7-4-3-5-8-18/h3-14,17,22H,15-16H2,1-2H3,(H,29,30)(H,31,32). The minimum absolute atomic E-state index is 0.0961. The Morgan fingerprint density at radius 1 is 1.03 bits per heavy atom. The van der Waals surface area contributed by atoms with Gasteiger partial charge in [0.2, 0.25) is 12.2 Å². The number of carbonyl (C=O) groups is 2. The van der Waals surface area contributed by atoms with Crippen LogP contribution in [0, 0.1) is 0 Å². The highest BCUT2D eigenvalue weighted by molar-refractivity contribution is 5.96. The number of carboxylic acids is 1. The molecule has 2 aromatic carbocycles. The second kappa shape index (κ2) is 10.3. The maximum Gasteiger partial charge on any atom is 0.325 e. The van der Waals surface area contributed by atoms with Crippen LogP contribution in [0.15, 0.2) is 85.1 Å². The highest BCUT2D eigenvalue weighted by atomic mass is 16.8.